The minimum absolute atomic E-state index is 0.0177. The molecule has 0 radical (unpaired) electrons. The van der Waals surface area contributed by atoms with Crippen molar-refractivity contribution in [1.29, 1.82) is 0 Å². The van der Waals surface area contributed by atoms with Gasteiger partial charge in [-0.2, -0.15) is 13.2 Å². The number of H-pyrrole nitrogens is 1. The van der Waals surface area contributed by atoms with Crippen LogP contribution in [-0.4, -0.2) is 192 Å². The van der Waals surface area contributed by atoms with Crippen molar-refractivity contribution in [2.45, 2.75) is 111 Å². The van der Waals surface area contributed by atoms with E-state index in [9.17, 15) is 73.2 Å². The second-order valence-corrected chi connectivity index (χ2v) is 17.1. The van der Waals surface area contributed by atoms with Crippen LogP contribution in [0.5, 0.6) is 0 Å². The van der Waals surface area contributed by atoms with E-state index in [0.717, 1.165) is 22.0 Å². The fourth-order valence-electron chi connectivity index (χ4n) is 7.92. The number of carboxylic acid groups (broad SMARTS) is 1. The Kier molecular flexibility index (Phi) is 21.0. The van der Waals surface area contributed by atoms with Gasteiger partial charge in [0.1, 0.15) is 54.8 Å². The smallest absolute Gasteiger partial charge is 0.475 e. The van der Waals surface area contributed by atoms with Crippen molar-refractivity contribution in [2.75, 3.05) is 26.3 Å². The summed E-state index contributed by atoms with van der Waals surface area (Å²) in [5, 5.41) is 105. The Hall–Kier alpha value is -6.10. The predicted molar refractivity (Wildman–Crippen MR) is 245 cm³/mol. The maximum atomic E-state index is 14.3. The Labute approximate surface area is 409 Å². The number of carbonyl (C=O) groups excluding carboxylic acids is 4. The SMILES string of the molecule is O=C(O)C(F)(F)F.O=C1C[C@@H](NC[C@H](O)[C@@H](O)[C@H](O[C@@H]2O[C@H](CO)[C@H](O)[C@H](O)[C@H]2O)[C@H](O)CO)C(=O)NC[C@@H](Cc2ccccc2)NC(=O)[C@H](Cc2ccccc2)NC(=O)[C@H](Cc2c[nH]c3ccccc23)N1. The van der Waals surface area contributed by atoms with E-state index in [1.807, 2.05) is 84.9 Å². The van der Waals surface area contributed by atoms with Crippen molar-refractivity contribution in [3.63, 3.8) is 0 Å². The summed E-state index contributed by atoms with van der Waals surface area (Å²) in [7, 11) is 0. The zero-order valence-electron chi connectivity index (χ0n) is 38.3. The van der Waals surface area contributed by atoms with Gasteiger partial charge in [0.05, 0.1) is 37.8 Å². The van der Waals surface area contributed by atoms with Crippen LogP contribution in [-0.2, 0) is 52.7 Å². The lowest BCUT2D eigenvalue weighted by molar-refractivity contribution is -0.327. The third-order valence-electron chi connectivity index (χ3n) is 11.8. The number of hydrogen-bond acceptors (Lipinski definition) is 16. The first-order chi connectivity index (χ1) is 34.2. The van der Waals surface area contributed by atoms with Gasteiger partial charge in [-0.25, -0.2) is 4.79 Å². The lowest BCUT2D eigenvalue weighted by Gasteiger charge is -2.42. The lowest BCUT2D eigenvalue weighted by atomic mass is 9.98. The number of fused-ring (bicyclic) bond motifs is 1. The number of ether oxygens (including phenoxy) is 2. The maximum Gasteiger partial charge on any atom is 0.490 e. The number of aliphatic carboxylic acids is 1. The number of nitrogens with one attached hydrogen (secondary N) is 6. The molecule has 1 aromatic heterocycles. The summed E-state index contributed by atoms with van der Waals surface area (Å²) in [4.78, 5) is 68.6. The van der Waals surface area contributed by atoms with E-state index in [0.29, 0.717) is 5.56 Å². The van der Waals surface area contributed by atoms with Gasteiger partial charge in [0, 0.05) is 43.0 Å². The van der Waals surface area contributed by atoms with Crippen LogP contribution in [0.2, 0.25) is 0 Å². The number of amides is 4. The number of para-hydroxylation sites is 1. The standard InChI is InChI=1S/C45H58N6O14.C2HF3O2/c52-22-34(55)41(65-45-40(60)39(59)38(58)35(23-53)64-45)37(57)33(54)21-47-30-18-36(56)50-32(17-26-19-46-29-14-8-7-13-28(26)29)44(63)51-31(16-25-11-5-2-6-12-25)43(62)49-27(20-48-42(30)61)15-24-9-3-1-4-10-24;3-2(4,5)1(6)7/h1-14,19,27,30-35,37-41,45-47,52-55,57-60H,15-18,20-23H2,(H,48,61)(H,49,62)(H,50,56)(H,51,63);(H,6,7)/t27-,30-,31+,32+,33+,34-,35-,37-,38+,39+,40-,41-,45+;/m1./s1. The average molecular weight is 1020 g/mol. The Bertz CT molecular complexity index is 2380. The maximum absolute atomic E-state index is 14.3. The minimum Gasteiger partial charge on any atom is -0.475 e. The molecule has 2 fully saturated rings. The van der Waals surface area contributed by atoms with Crippen LogP contribution in [0.3, 0.4) is 0 Å². The number of hydrogen-bond donors (Lipinski definition) is 15. The van der Waals surface area contributed by atoms with E-state index in [2.05, 4.69) is 31.6 Å². The lowest BCUT2D eigenvalue weighted by Crippen LogP contribution is -2.62. The molecule has 394 valence electrons. The van der Waals surface area contributed by atoms with Crippen LogP contribution in [0, 0.1) is 0 Å². The molecule has 2 aliphatic rings. The van der Waals surface area contributed by atoms with Gasteiger partial charge in [0.25, 0.3) is 0 Å². The van der Waals surface area contributed by atoms with E-state index in [1.165, 1.54) is 0 Å². The summed E-state index contributed by atoms with van der Waals surface area (Å²) in [5.41, 5.74) is 3.06. The van der Waals surface area contributed by atoms with Crippen molar-refractivity contribution in [3.05, 3.63) is 108 Å². The largest absolute Gasteiger partial charge is 0.490 e. The molecule has 25 heteroatoms. The predicted octanol–water partition coefficient (Wildman–Crippen LogP) is -2.98. The first kappa shape index (κ1) is 56.8. The highest BCUT2D eigenvalue weighted by molar-refractivity contribution is 5.95. The topological polar surface area (TPSA) is 362 Å². The van der Waals surface area contributed by atoms with Crippen LogP contribution in [0.15, 0.2) is 91.1 Å². The summed E-state index contributed by atoms with van der Waals surface area (Å²) >= 11 is 0. The Morgan fingerprint density at radius 1 is 0.750 bits per heavy atom. The molecule has 0 spiro atoms. The fraction of sp³-hybridized carbons (Fsp3) is 0.468. The highest BCUT2D eigenvalue weighted by atomic mass is 19.4. The van der Waals surface area contributed by atoms with E-state index in [4.69, 9.17) is 19.4 Å². The Morgan fingerprint density at radius 2 is 1.33 bits per heavy atom. The van der Waals surface area contributed by atoms with Gasteiger partial charge in [-0.15, -0.1) is 0 Å². The highest BCUT2D eigenvalue weighted by Gasteiger charge is 2.47. The monoisotopic (exact) mass is 1020 g/mol. The van der Waals surface area contributed by atoms with Crippen LogP contribution < -0.4 is 26.6 Å². The quantitative estimate of drug-likeness (QED) is 0.0533. The van der Waals surface area contributed by atoms with Crippen molar-refractivity contribution < 1.29 is 92.6 Å². The number of carboxylic acids is 1. The summed E-state index contributed by atoms with van der Waals surface area (Å²) in [6, 6.07) is 21.1. The third-order valence-corrected chi connectivity index (χ3v) is 11.8. The zero-order valence-corrected chi connectivity index (χ0v) is 38.3. The molecule has 0 bridgehead atoms. The highest BCUT2D eigenvalue weighted by Crippen LogP contribution is 2.25. The number of aliphatic hydroxyl groups is 8. The fourth-order valence-corrected chi connectivity index (χ4v) is 7.92. The van der Waals surface area contributed by atoms with Gasteiger partial charge in [-0.3, -0.25) is 19.2 Å². The molecule has 4 amide bonds. The molecule has 22 nitrogen and oxygen atoms in total. The van der Waals surface area contributed by atoms with Crippen molar-refractivity contribution in [2.24, 2.45) is 0 Å². The molecular weight excluding hydrogens is 962 g/mol. The summed E-state index contributed by atoms with van der Waals surface area (Å²) in [6.45, 7) is -2.63. The van der Waals surface area contributed by atoms with Gasteiger partial charge < -0.3 is 87.0 Å². The number of aromatic nitrogens is 1. The van der Waals surface area contributed by atoms with Gasteiger partial charge in [-0.1, -0.05) is 78.9 Å². The van der Waals surface area contributed by atoms with Crippen molar-refractivity contribution in [3.8, 4) is 0 Å². The first-order valence-corrected chi connectivity index (χ1v) is 22.7. The first-order valence-electron chi connectivity index (χ1n) is 22.7. The van der Waals surface area contributed by atoms with E-state index < -0.39 is 141 Å². The molecule has 6 rings (SSSR count). The molecular formula is C47H59F3N6O16. The van der Waals surface area contributed by atoms with Gasteiger partial charge in [0.15, 0.2) is 6.29 Å². The number of benzene rings is 3. The molecule has 0 aliphatic carbocycles. The molecule has 0 saturated carbocycles. The van der Waals surface area contributed by atoms with Gasteiger partial charge in [-0.05, 0) is 29.2 Å². The van der Waals surface area contributed by atoms with Crippen molar-refractivity contribution >= 4 is 40.5 Å². The zero-order chi connectivity index (χ0) is 52.7. The molecule has 3 heterocycles. The van der Waals surface area contributed by atoms with Crippen molar-refractivity contribution in [1.82, 2.24) is 31.6 Å². The van der Waals surface area contributed by atoms with E-state index in [-0.39, 0.29) is 25.8 Å². The number of aliphatic hydroxyl groups excluding tert-OH is 8. The second kappa shape index (κ2) is 26.6. The number of alkyl halides is 3. The second-order valence-electron chi connectivity index (χ2n) is 17.1. The third kappa shape index (κ3) is 15.9. The van der Waals surface area contributed by atoms with Crippen LogP contribution in [0.4, 0.5) is 13.2 Å². The molecule has 2 aliphatic heterocycles. The molecule has 13 atom stereocenters. The molecule has 72 heavy (non-hydrogen) atoms. The van der Waals surface area contributed by atoms with Crippen LogP contribution in [0.1, 0.15) is 23.1 Å². The number of rotatable bonds is 16. The average Bonchev–Trinajstić information content (AvgIpc) is 3.77. The number of carbonyl (C=O) groups is 5. The number of halogens is 3. The van der Waals surface area contributed by atoms with E-state index in [1.54, 1.807) is 6.20 Å². The Morgan fingerprint density at radius 3 is 1.94 bits per heavy atom. The Balaban J connectivity index is 0.00000128. The summed E-state index contributed by atoms with van der Waals surface area (Å²) < 4.78 is 42.6. The minimum atomic E-state index is -5.08. The van der Waals surface area contributed by atoms with Crippen LogP contribution >= 0.6 is 0 Å². The normalized spacial score (nSPS) is 26.3. The molecule has 15 N–H and O–H groups in total. The molecule has 3 aromatic carbocycles. The van der Waals surface area contributed by atoms with Crippen LogP contribution in [0.25, 0.3) is 10.9 Å². The van der Waals surface area contributed by atoms with E-state index >= 15 is 0 Å². The van der Waals surface area contributed by atoms with Gasteiger partial charge in [0.2, 0.25) is 23.6 Å². The molecule has 0 unspecified atom stereocenters. The summed E-state index contributed by atoms with van der Waals surface area (Å²) in [6.07, 6.45) is -20.3. The number of aromatic amines is 1. The summed E-state index contributed by atoms with van der Waals surface area (Å²) in [5.74, 6) is -5.49. The molecule has 4 aromatic rings. The molecule has 2 saturated heterocycles. The van der Waals surface area contributed by atoms with Gasteiger partial charge >= 0.3 is 12.1 Å².